The first kappa shape index (κ1) is 8.92. The minimum Gasteiger partial charge on any atom is -0.508 e. The summed E-state index contributed by atoms with van der Waals surface area (Å²) in [6.07, 6.45) is 4.52. The molecule has 1 saturated carbocycles. The lowest BCUT2D eigenvalue weighted by atomic mass is 10.2. The van der Waals surface area contributed by atoms with Crippen LogP contribution in [0.4, 0.5) is 0 Å². The maximum Gasteiger partial charge on any atom is 0.115 e. The second kappa shape index (κ2) is 3.35. The molecule has 0 saturated heterocycles. The lowest BCUT2D eigenvalue weighted by Crippen LogP contribution is -1.70. The molecule has 3 rings (SSSR count). The zero-order valence-electron chi connectivity index (χ0n) is 8.18. The van der Waals surface area contributed by atoms with Gasteiger partial charge in [-0.05, 0) is 42.7 Å². The third-order valence-electron chi connectivity index (χ3n) is 2.60. The predicted molar refractivity (Wildman–Crippen MR) is 61.2 cm³/mol. The van der Waals surface area contributed by atoms with Gasteiger partial charge in [-0.3, -0.25) is 0 Å². The van der Waals surface area contributed by atoms with Gasteiger partial charge in [-0.25, -0.2) is 4.98 Å². The molecule has 1 heterocycles. The highest BCUT2D eigenvalue weighted by Gasteiger charge is 2.26. The van der Waals surface area contributed by atoms with Crippen molar-refractivity contribution in [3.8, 4) is 16.2 Å². The van der Waals surface area contributed by atoms with Gasteiger partial charge in [0.25, 0.3) is 0 Å². The van der Waals surface area contributed by atoms with E-state index in [9.17, 15) is 5.11 Å². The number of benzene rings is 1. The summed E-state index contributed by atoms with van der Waals surface area (Å²) in [4.78, 5) is 5.62. The highest BCUT2D eigenvalue weighted by molar-refractivity contribution is 7.15. The number of hydrogen-bond acceptors (Lipinski definition) is 3. The van der Waals surface area contributed by atoms with Crippen LogP contribution >= 0.6 is 11.3 Å². The molecule has 2 aromatic rings. The minimum atomic E-state index is 0.311. The molecule has 15 heavy (non-hydrogen) atoms. The molecule has 0 aliphatic heterocycles. The van der Waals surface area contributed by atoms with Gasteiger partial charge in [-0.1, -0.05) is 0 Å². The zero-order valence-corrected chi connectivity index (χ0v) is 9.00. The van der Waals surface area contributed by atoms with Gasteiger partial charge in [0.05, 0.1) is 9.88 Å². The van der Waals surface area contributed by atoms with Crippen LogP contribution in [0.15, 0.2) is 30.5 Å². The molecule has 0 spiro atoms. The van der Waals surface area contributed by atoms with Crippen molar-refractivity contribution in [2.75, 3.05) is 0 Å². The number of thiazole rings is 1. The number of nitrogens with zero attached hydrogens (tertiary/aromatic N) is 1. The quantitative estimate of drug-likeness (QED) is 0.836. The zero-order chi connectivity index (χ0) is 10.3. The van der Waals surface area contributed by atoms with Crippen LogP contribution < -0.4 is 0 Å². The number of hydrogen-bond donors (Lipinski definition) is 1. The van der Waals surface area contributed by atoms with Crippen LogP contribution in [-0.4, -0.2) is 10.1 Å². The van der Waals surface area contributed by atoms with Gasteiger partial charge < -0.3 is 5.11 Å². The maximum atomic E-state index is 9.19. The molecule has 0 atom stereocenters. The second-order valence-electron chi connectivity index (χ2n) is 3.88. The topological polar surface area (TPSA) is 33.1 Å². The summed E-state index contributed by atoms with van der Waals surface area (Å²) in [7, 11) is 0. The van der Waals surface area contributed by atoms with E-state index in [-0.39, 0.29) is 0 Å². The van der Waals surface area contributed by atoms with Gasteiger partial charge in [-0.15, -0.1) is 11.3 Å². The van der Waals surface area contributed by atoms with E-state index in [1.54, 1.807) is 23.5 Å². The summed E-state index contributed by atoms with van der Waals surface area (Å²) in [5.74, 6) is 1.03. The van der Waals surface area contributed by atoms with Crippen molar-refractivity contribution in [2.24, 2.45) is 0 Å². The molecule has 1 aromatic carbocycles. The van der Waals surface area contributed by atoms with Crippen LogP contribution in [0, 0.1) is 0 Å². The number of rotatable bonds is 2. The fraction of sp³-hybridized carbons (Fsp3) is 0.250. The molecule has 0 bridgehead atoms. The third kappa shape index (κ3) is 1.75. The van der Waals surface area contributed by atoms with Crippen molar-refractivity contribution < 1.29 is 5.11 Å². The van der Waals surface area contributed by atoms with E-state index >= 15 is 0 Å². The number of phenolic OH excluding ortho intramolecular Hbond substituents is 1. The van der Waals surface area contributed by atoms with Crippen molar-refractivity contribution in [2.45, 2.75) is 18.8 Å². The van der Waals surface area contributed by atoms with Gasteiger partial charge in [-0.2, -0.15) is 0 Å². The molecule has 2 nitrogen and oxygen atoms in total. The first-order valence-corrected chi connectivity index (χ1v) is 5.90. The summed E-state index contributed by atoms with van der Waals surface area (Å²) >= 11 is 1.77. The summed E-state index contributed by atoms with van der Waals surface area (Å²) in [5.41, 5.74) is 1.14. The molecule has 1 N–H and O–H groups in total. The maximum absolute atomic E-state index is 9.19. The van der Waals surface area contributed by atoms with E-state index in [2.05, 4.69) is 4.98 Å². The van der Waals surface area contributed by atoms with Crippen LogP contribution in [0.3, 0.4) is 0 Å². The van der Waals surface area contributed by atoms with Crippen LogP contribution in [0.2, 0.25) is 0 Å². The fourth-order valence-electron chi connectivity index (χ4n) is 1.57. The van der Waals surface area contributed by atoms with Crippen molar-refractivity contribution >= 4 is 11.3 Å². The molecule has 0 radical (unpaired) electrons. The minimum absolute atomic E-state index is 0.311. The van der Waals surface area contributed by atoms with E-state index in [4.69, 9.17) is 0 Å². The fourth-order valence-corrected chi connectivity index (χ4v) is 2.66. The Labute approximate surface area is 92.2 Å². The summed E-state index contributed by atoms with van der Waals surface area (Å²) in [6, 6.07) is 7.29. The average Bonchev–Trinajstić information content (AvgIpc) is 2.99. The highest BCUT2D eigenvalue weighted by Crippen LogP contribution is 2.43. The van der Waals surface area contributed by atoms with Gasteiger partial charge in [0.15, 0.2) is 0 Å². The molecule has 76 valence electrons. The number of aromatic hydroxyl groups is 1. The van der Waals surface area contributed by atoms with Crippen molar-refractivity contribution in [1.29, 1.82) is 0 Å². The standard InChI is InChI=1S/C12H11NOS/c14-10-5-3-8(4-6-10)11-7-13-12(15-11)9-1-2-9/h3-7,9,14H,1-2H2. The summed E-state index contributed by atoms with van der Waals surface area (Å²) < 4.78 is 0. The molecular formula is C12H11NOS. The highest BCUT2D eigenvalue weighted by atomic mass is 32.1. The Hall–Kier alpha value is -1.35. The molecular weight excluding hydrogens is 206 g/mol. The number of aromatic nitrogens is 1. The Morgan fingerprint density at radius 1 is 1.20 bits per heavy atom. The van der Waals surface area contributed by atoms with Crippen LogP contribution in [0.5, 0.6) is 5.75 Å². The Balaban J connectivity index is 1.93. The molecule has 1 aromatic heterocycles. The van der Waals surface area contributed by atoms with E-state index in [0.717, 1.165) is 11.5 Å². The Kier molecular flexibility index (Phi) is 1.99. The molecule has 1 aliphatic carbocycles. The average molecular weight is 217 g/mol. The van der Waals surface area contributed by atoms with Crippen molar-refractivity contribution in [3.05, 3.63) is 35.5 Å². The molecule has 3 heteroatoms. The third-order valence-corrected chi connectivity index (χ3v) is 3.81. The van der Waals surface area contributed by atoms with Crippen LogP contribution in [0.1, 0.15) is 23.8 Å². The van der Waals surface area contributed by atoms with E-state index in [0.29, 0.717) is 5.75 Å². The summed E-state index contributed by atoms with van der Waals surface area (Å²) in [6.45, 7) is 0. The normalized spacial score (nSPS) is 15.5. The molecule has 1 aliphatic rings. The van der Waals surface area contributed by atoms with E-state index < -0.39 is 0 Å². The monoisotopic (exact) mass is 217 g/mol. The van der Waals surface area contributed by atoms with Gasteiger partial charge in [0, 0.05) is 12.1 Å². The van der Waals surface area contributed by atoms with Crippen molar-refractivity contribution in [3.63, 3.8) is 0 Å². The lowest BCUT2D eigenvalue weighted by Gasteiger charge is -1.95. The van der Waals surface area contributed by atoms with E-state index in [1.165, 1.54) is 22.7 Å². The Morgan fingerprint density at radius 3 is 2.60 bits per heavy atom. The SMILES string of the molecule is Oc1ccc(-c2cnc(C3CC3)s2)cc1. The molecule has 1 fully saturated rings. The summed E-state index contributed by atoms with van der Waals surface area (Å²) in [5, 5.41) is 10.5. The van der Waals surface area contributed by atoms with Gasteiger partial charge in [0.1, 0.15) is 5.75 Å². The van der Waals surface area contributed by atoms with Crippen LogP contribution in [-0.2, 0) is 0 Å². The van der Waals surface area contributed by atoms with Crippen molar-refractivity contribution in [1.82, 2.24) is 4.98 Å². The van der Waals surface area contributed by atoms with Gasteiger partial charge in [0.2, 0.25) is 0 Å². The second-order valence-corrected chi connectivity index (χ2v) is 4.95. The lowest BCUT2D eigenvalue weighted by molar-refractivity contribution is 0.475. The molecule has 0 amide bonds. The predicted octanol–water partition coefficient (Wildman–Crippen LogP) is 3.39. The first-order chi connectivity index (χ1) is 7.33. The number of phenols is 1. The first-order valence-electron chi connectivity index (χ1n) is 5.08. The largest absolute Gasteiger partial charge is 0.508 e. The Bertz CT molecular complexity index is 471. The molecule has 0 unspecified atom stereocenters. The Morgan fingerprint density at radius 2 is 1.93 bits per heavy atom. The van der Waals surface area contributed by atoms with E-state index in [1.807, 2.05) is 18.3 Å². The van der Waals surface area contributed by atoms with Crippen LogP contribution in [0.25, 0.3) is 10.4 Å². The van der Waals surface area contributed by atoms with Gasteiger partial charge >= 0.3 is 0 Å². The smallest absolute Gasteiger partial charge is 0.115 e.